The highest BCUT2D eigenvalue weighted by atomic mass is 32.2. The lowest BCUT2D eigenvalue weighted by Crippen LogP contribution is -2.75. The van der Waals surface area contributed by atoms with Gasteiger partial charge in [-0.05, 0) is 66.8 Å². The molecule has 1 aliphatic heterocycles. The molecule has 1 heterocycles. The fourth-order valence-corrected chi connectivity index (χ4v) is 6.11. The Bertz CT molecular complexity index is 1080. The SMILES string of the molecule is CCC1(Sc2ccccc2)C(=O)N(C(Cc2ccc(OC)cc2)Cc2ccc(OC)cc2)C1C=O. The number of hydrogen-bond acceptors (Lipinski definition) is 5. The van der Waals surface area contributed by atoms with Gasteiger partial charge < -0.3 is 19.2 Å². The molecule has 1 fully saturated rings. The van der Waals surface area contributed by atoms with Gasteiger partial charge in [0.05, 0.1) is 14.2 Å². The number of aldehydes is 1. The van der Waals surface area contributed by atoms with Crippen molar-refractivity contribution in [2.45, 2.75) is 47.9 Å². The van der Waals surface area contributed by atoms with Crippen LogP contribution in [0.1, 0.15) is 24.5 Å². The number of β-lactam (4-membered cyclic amide) rings is 1. The van der Waals surface area contributed by atoms with Gasteiger partial charge in [-0.3, -0.25) is 4.79 Å². The van der Waals surface area contributed by atoms with E-state index in [0.29, 0.717) is 19.3 Å². The standard InChI is InChI=1S/C29H31NO4S/c1-4-29(35-26-8-6-5-7-9-26)27(20-31)30(28(29)32)23(18-21-10-14-24(33-2)15-11-21)19-22-12-16-25(34-3)17-13-22/h5-17,20,23,27H,4,18-19H2,1-3H3. The van der Waals surface area contributed by atoms with Crippen molar-refractivity contribution in [3.05, 3.63) is 90.0 Å². The van der Waals surface area contributed by atoms with Gasteiger partial charge in [0.15, 0.2) is 0 Å². The van der Waals surface area contributed by atoms with Gasteiger partial charge in [0.25, 0.3) is 0 Å². The number of nitrogens with zero attached hydrogens (tertiary/aromatic N) is 1. The molecule has 4 rings (SSSR count). The lowest BCUT2D eigenvalue weighted by atomic mass is 9.81. The number of ether oxygens (including phenoxy) is 2. The molecule has 0 aliphatic carbocycles. The number of methoxy groups -OCH3 is 2. The highest BCUT2D eigenvalue weighted by molar-refractivity contribution is 8.01. The summed E-state index contributed by atoms with van der Waals surface area (Å²) in [5.74, 6) is 1.60. The smallest absolute Gasteiger partial charge is 0.242 e. The van der Waals surface area contributed by atoms with Crippen LogP contribution in [0.2, 0.25) is 0 Å². The summed E-state index contributed by atoms with van der Waals surface area (Å²) in [6.45, 7) is 1.99. The average Bonchev–Trinajstić information content (AvgIpc) is 2.91. The zero-order chi connectivity index (χ0) is 24.8. The zero-order valence-corrected chi connectivity index (χ0v) is 21.2. The van der Waals surface area contributed by atoms with E-state index < -0.39 is 10.8 Å². The molecule has 1 amide bonds. The number of benzene rings is 3. The molecule has 5 nitrogen and oxygen atoms in total. The number of hydrogen-bond donors (Lipinski definition) is 0. The molecule has 0 radical (unpaired) electrons. The van der Waals surface area contributed by atoms with E-state index in [0.717, 1.165) is 33.8 Å². The van der Waals surface area contributed by atoms with E-state index in [1.807, 2.05) is 85.8 Å². The van der Waals surface area contributed by atoms with Crippen molar-refractivity contribution in [3.63, 3.8) is 0 Å². The van der Waals surface area contributed by atoms with E-state index in [1.165, 1.54) is 11.8 Å². The van der Waals surface area contributed by atoms with E-state index in [1.54, 1.807) is 19.1 Å². The molecule has 0 bridgehead atoms. The first-order valence-electron chi connectivity index (χ1n) is 11.8. The number of rotatable bonds is 11. The van der Waals surface area contributed by atoms with Crippen LogP contribution in [0.4, 0.5) is 0 Å². The van der Waals surface area contributed by atoms with E-state index in [9.17, 15) is 9.59 Å². The van der Waals surface area contributed by atoms with Crippen LogP contribution in [0.25, 0.3) is 0 Å². The predicted octanol–water partition coefficient (Wildman–Crippen LogP) is 5.21. The van der Waals surface area contributed by atoms with Gasteiger partial charge in [0.1, 0.15) is 28.6 Å². The minimum absolute atomic E-state index is 0.0259. The van der Waals surface area contributed by atoms with E-state index in [2.05, 4.69) is 0 Å². The molecule has 0 N–H and O–H groups in total. The number of likely N-dealkylation sites (tertiary alicyclic amines) is 1. The third-order valence-electron chi connectivity index (χ3n) is 6.73. The van der Waals surface area contributed by atoms with Gasteiger partial charge in [-0.1, -0.05) is 49.4 Å². The van der Waals surface area contributed by atoms with Crippen LogP contribution in [0.15, 0.2) is 83.8 Å². The second-order valence-electron chi connectivity index (χ2n) is 8.71. The quantitative estimate of drug-likeness (QED) is 0.273. The Hall–Kier alpha value is -3.25. The van der Waals surface area contributed by atoms with Crippen LogP contribution >= 0.6 is 11.8 Å². The summed E-state index contributed by atoms with van der Waals surface area (Å²) >= 11 is 1.51. The Balaban J connectivity index is 1.63. The largest absolute Gasteiger partial charge is 0.497 e. The van der Waals surface area contributed by atoms with Crippen LogP contribution < -0.4 is 9.47 Å². The molecule has 0 spiro atoms. The van der Waals surface area contributed by atoms with Crippen molar-refractivity contribution in [3.8, 4) is 11.5 Å². The molecule has 182 valence electrons. The highest BCUT2D eigenvalue weighted by Crippen LogP contribution is 2.49. The van der Waals surface area contributed by atoms with Gasteiger partial charge in [0.2, 0.25) is 5.91 Å². The maximum Gasteiger partial charge on any atom is 0.242 e. The monoisotopic (exact) mass is 489 g/mol. The third kappa shape index (κ3) is 5.08. The molecule has 2 unspecified atom stereocenters. The predicted molar refractivity (Wildman–Crippen MR) is 139 cm³/mol. The first-order chi connectivity index (χ1) is 17.0. The van der Waals surface area contributed by atoms with Gasteiger partial charge in [0, 0.05) is 10.9 Å². The first-order valence-corrected chi connectivity index (χ1v) is 12.6. The number of thioether (sulfide) groups is 1. The fourth-order valence-electron chi connectivity index (χ4n) is 4.77. The minimum Gasteiger partial charge on any atom is -0.497 e. The molecule has 0 aromatic heterocycles. The van der Waals surface area contributed by atoms with Crippen molar-refractivity contribution >= 4 is 24.0 Å². The van der Waals surface area contributed by atoms with Crippen molar-refractivity contribution < 1.29 is 19.1 Å². The number of carbonyl (C=O) groups is 2. The molecular weight excluding hydrogens is 458 g/mol. The summed E-state index contributed by atoms with van der Waals surface area (Å²) in [6, 6.07) is 25.0. The Labute approximate surface area is 211 Å². The van der Waals surface area contributed by atoms with Crippen LogP contribution in [0.5, 0.6) is 11.5 Å². The van der Waals surface area contributed by atoms with Crippen LogP contribution in [0.3, 0.4) is 0 Å². The van der Waals surface area contributed by atoms with Crippen LogP contribution in [-0.2, 0) is 22.4 Å². The Morgan fingerprint density at radius 1 is 0.886 bits per heavy atom. The van der Waals surface area contributed by atoms with Crippen molar-refractivity contribution in [2.24, 2.45) is 0 Å². The fraction of sp³-hybridized carbons (Fsp3) is 0.310. The maximum atomic E-state index is 13.8. The first kappa shape index (κ1) is 24.9. The summed E-state index contributed by atoms with van der Waals surface area (Å²) < 4.78 is 9.82. The average molecular weight is 490 g/mol. The summed E-state index contributed by atoms with van der Waals surface area (Å²) in [6.07, 6.45) is 2.82. The number of amides is 1. The second-order valence-corrected chi connectivity index (χ2v) is 10.1. The molecule has 3 aromatic rings. The molecule has 0 saturated carbocycles. The van der Waals surface area contributed by atoms with Gasteiger partial charge >= 0.3 is 0 Å². The molecule has 3 aromatic carbocycles. The second kappa shape index (κ2) is 11.0. The zero-order valence-electron chi connectivity index (χ0n) is 20.3. The third-order valence-corrected chi connectivity index (χ3v) is 8.30. The summed E-state index contributed by atoms with van der Waals surface area (Å²) in [7, 11) is 3.28. The lowest BCUT2D eigenvalue weighted by Gasteiger charge is -2.56. The topological polar surface area (TPSA) is 55.8 Å². The molecule has 1 saturated heterocycles. The van der Waals surface area contributed by atoms with Crippen molar-refractivity contribution in [1.29, 1.82) is 0 Å². The minimum atomic E-state index is -0.777. The molecule has 6 heteroatoms. The van der Waals surface area contributed by atoms with Crippen LogP contribution in [-0.4, -0.2) is 48.1 Å². The van der Waals surface area contributed by atoms with Gasteiger partial charge in [-0.15, -0.1) is 11.8 Å². The highest BCUT2D eigenvalue weighted by Gasteiger charge is 2.62. The summed E-state index contributed by atoms with van der Waals surface area (Å²) in [4.78, 5) is 29.1. The van der Waals surface area contributed by atoms with Gasteiger partial charge in [-0.25, -0.2) is 0 Å². The molecule has 2 atom stereocenters. The summed E-state index contributed by atoms with van der Waals surface area (Å²) in [5.41, 5.74) is 2.18. The molecule has 35 heavy (non-hydrogen) atoms. The van der Waals surface area contributed by atoms with Crippen LogP contribution in [0, 0.1) is 0 Å². The van der Waals surface area contributed by atoms with E-state index in [-0.39, 0.29) is 11.9 Å². The van der Waals surface area contributed by atoms with Crippen molar-refractivity contribution in [2.75, 3.05) is 14.2 Å². The van der Waals surface area contributed by atoms with Crippen molar-refractivity contribution in [1.82, 2.24) is 4.90 Å². The Kier molecular flexibility index (Phi) is 7.81. The van der Waals surface area contributed by atoms with E-state index >= 15 is 0 Å². The van der Waals surface area contributed by atoms with Gasteiger partial charge in [-0.2, -0.15) is 0 Å². The maximum absolute atomic E-state index is 13.8. The lowest BCUT2D eigenvalue weighted by molar-refractivity contribution is -0.159. The number of carbonyl (C=O) groups excluding carboxylic acids is 2. The van der Waals surface area contributed by atoms with E-state index in [4.69, 9.17) is 9.47 Å². The summed E-state index contributed by atoms with van der Waals surface area (Å²) in [5, 5.41) is 0. The molecular formula is C29H31NO4S. The Morgan fingerprint density at radius 2 is 1.40 bits per heavy atom. The Morgan fingerprint density at radius 3 is 1.83 bits per heavy atom. The normalized spacial score (nSPS) is 19.4. The molecule has 1 aliphatic rings.